The van der Waals surface area contributed by atoms with Gasteiger partial charge < -0.3 is 18.6 Å². The van der Waals surface area contributed by atoms with Gasteiger partial charge in [-0.25, -0.2) is 4.79 Å². The van der Waals surface area contributed by atoms with E-state index in [0.29, 0.717) is 22.5 Å². The van der Waals surface area contributed by atoms with Gasteiger partial charge in [0.2, 0.25) is 11.2 Å². The fourth-order valence-corrected chi connectivity index (χ4v) is 2.76. The summed E-state index contributed by atoms with van der Waals surface area (Å²) in [5.74, 6) is 0.686. The Kier molecular flexibility index (Phi) is 5.99. The summed E-state index contributed by atoms with van der Waals surface area (Å²) in [5, 5.41) is 0.364. The number of benzene rings is 2. The minimum atomic E-state index is -0.766. The Labute approximate surface area is 162 Å². The van der Waals surface area contributed by atoms with Gasteiger partial charge in [-0.1, -0.05) is 25.1 Å². The van der Waals surface area contributed by atoms with E-state index in [4.69, 9.17) is 18.6 Å². The summed E-state index contributed by atoms with van der Waals surface area (Å²) in [6, 6.07) is 12.3. The Morgan fingerprint density at radius 1 is 1.11 bits per heavy atom. The summed E-state index contributed by atoms with van der Waals surface area (Å²) in [6.07, 6.45) is 1.31. The maximum absolute atomic E-state index is 12.8. The van der Waals surface area contributed by atoms with E-state index in [-0.39, 0.29) is 17.8 Å². The van der Waals surface area contributed by atoms with Crippen LogP contribution in [0.3, 0.4) is 0 Å². The molecule has 0 N–H and O–H groups in total. The van der Waals surface area contributed by atoms with Crippen molar-refractivity contribution >= 4 is 16.9 Å². The van der Waals surface area contributed by atoms with Gasteiger partial charge >= 0.3 is 5.97 Å². The van der Waals surface area contributed by atoms with Gasteiger partial charge in [-0.05, 0) is 44.0 Å². The van der Waals surface area contributed by atoms with Crippen molar-refractivity contribution in [1.82, 2.24) is 0 Å². The highest BCUT2D eigenvalue weighted by Gasteiger charge is 2.17. The van der Waals surface area contributed by atoms with Crippen molar-refractivity contribution in [2.24, 2.45) is 0 Å². The van der Waals surface area contributed by atoms with E-state index in [1.807, 2.05) is 31.2 Å². The number of aryl methyl sites for hydroxylation is 1. The summed E-state index contributed by atoms with van der Waals surface area (Å²) in [6.45, 7) is 5.63. The van der Waals surface area contributed by atoms with Gasteiger partial charge in [-0.2, -0.15) is 0 Å². The van der Waals surface area contributed by atoms with E-state index in [0.717, 1.165) is 12.0 Å². The van der Waals surface area contributed by atoms with Gasteiger partial charge in [0.15, 0.2) is 6.10 Å². The molecule has 1 atom stereocenters. The number of hydrogen-bond donors (Lipinski definition) is 0. The van der Waals surface area contributed by atoms with Crippen molar-refractivity contribution in [3.8, 4) is 17.2 Å². The van der Waals surface area contributed by atoms with Gasteiger partial charge in [0.1, 0.15) is 23.3 Å². The Morgan fingerprint density at radius 2 is 1.89 bits per heavy atom. The van der Waals surface area contributed by atoms with Crippen molar-refractivity contribution in [2.75, 3.05) is 6.61 Å². The summed E-state index contributed by atoms with van der Waals surface area (Å²) in [4.78, 5) is 24.5. The quantitative estimate of drug-likeness (QED) is 0.561. The Bertz CT molecular complexity index is 1040. The summed E-state index contributed by atoms with van der Waals surface area (Å²) in [7, 11) is 0. The molecule has 0 unspecified atom stereocenters. The predicted molar refractivity (Wildman–Crippen MR) is 105 cm³/mol. The molecule has 0 fully saturated rings. The molecule has 1 heterocycles. The number of rotatable bonds is 7. The van der Waals surface area contributed by atoms with E-state index in [1.165, 1.54) is 6.26 Å². The molecule has 0 radical (unpaired) electrons. The average molecular weight is 382 g/mol. The van der Waals surface area contributed by atoms with Crippen molar-refractivity contribution in [1.29, 1.82) is 0 Å². The van der Waals surface area contributed by atoms with Crippen LogP contribution in [0.4, 0.5) is 0 Å². The minimum Gasteiger partial charge on any atom is -0.479 e. The van der Waals surface area contributed by atoms with Crippen LogP contribution in [-0.4, -0.2) is 18.7 Å². The number of esters is 1. The third-order valence-corrected chi connectivity index (χ3v) is 4.22. The molecule has 0 aliphatic rings. The molecule has 6 nitrogen and oxygen atoms in total. The SMILES string of the molecule is CCOC(=O)[C@@H](C)Oc1ccc2c(=O)c(Oc3ccccc3CC)coc2c1. The third-order valence-electron chi connectivity index (χ3n) is 4.22. The second-order valence-electron chi connectivity index (χ2n) is 6.16. The molecular weight excluding hydrogens is 360 g/mol. The summed E-state index contributed by atoms with van der Waals surface area (Å²) < 4.78 is 21.9. The van der Waals surface area contributed by atoms with Gasteiger partial charge in [-0.3, -0.25) is 4.79 Å². The van der Waals surface area contributed by atoms with Gasteiger partial charge in [0.25, 0.3) is 0 Å². The minimum absolute atomic E-state index is 0.113. The molecule has 1 aromatic heterocycles. The molecule has 3 rings (SSSR count). The van der Waals surface area contributed by atoms with Crippen LogP contribution in [0.1, 0.15) is 26.3 Å². The smallest absolute Gasteiger partial charge is 0.347 e. The first-order valence-corrected chi connectivity index (χ1v) is 9.18. The monoisotopic (exact) mass is 382 g/mol. The molecule has 0 saturated heterocycles. The largest absolute Gasteiger partial charge is 0.479 e. The highest BCUT2D eigenvalue weighted by Crippen LogP contribution is 2.26. The highest BCUT2D eigenvalue weighted by atomic mass is 16.6. The lowest BCUT2D eigenvalue weighted by atomic mass is 10.1. The van der Waals surface area contributed by atoms with E-state index < -0.39 is 12.1 Å². The fourth-order valence-electron chi connectivity index (χ4n) is 2.76. The maximum Gasteiger partial charge on any atom is 0.347 e. The molecule has 0 saturated carbocycles. The van der Waals surface area contributed by atoms with Crippen LogP contribution >= 0.6 is 0 Å². The molecule has 146 valence electrons. The van der Waals surface area contributed by atoms with Crippen molar-refractivity contribution < 1.29 is 23.4 Å². The molecular formula is C22H22O6. The molecule has 0 spiro atoms. The number of hydrogen-bond acceptors (Lipinski definition) is 6. The first-order valence-electron chi connectivity index (χ1n) is 9.18. The second kappa shape index (κ2) is 8.61. The van der Waals surface area contributed by atoms with Crippen LogP contribution in [0.25, 0.3) is 11.0 Å². The number of carbonyl (C=O) groups excluding carboxylic acids is 1. The molecule has 0 bridgehead atoms. The van der Waals surface area contributed by atoms with Gasteiger partial charge in [0, 0.05) is 6.07 Å². The molecule has 0 aliphatic carbocycles. The van der Waals surface area contributed by atoms with Gasteiger partial charge in [-0.15, -0.1) is 0 Å². The van der Waals surface area contributed by atoms with Gasteiger partial charge in [0.05, 0.1) is 12.0 Å². The van der Waals surface area contributed by atoms with Crippen LogP contribution < -0.4 is 14.9 Å². The Hall–Kier alpha value is -3.28. The number of para-hydroxylation sites is 1. The van der Waals surface area contributed by atoms with E-state index in [1.54, 1.807) is 32.0 Å². The molecule has 0 aliphatic heterocycles. The summed E-state index contributed by atoms with van der Waals surface area (Å²) >= 11 is 0. The zero-order valence-electron chi connectivity index (χ0n) is 16.1. The number of fused-ring (bicyclic) bond motifs is 1. The average Bonchev–Trinajstić information content (AvgIpc) is 2.70. The van der Waals surface area contributed by atoms with Crippen LogP contribution in [0, 0.1) is 0 Å². The maximum atomic E-state index is 12.8. The zero-order valence-corrected chi connectivity index (χ0v) is 16.1. The fraction of sp³-hybridized carbons (Fsp3) is 0.273. The van der Waals surface area contributed by atoms with E-state index in [9.17, 15) is 9.59 Å². The molecule has 6 heteroatoms. The molecule has 3 aromatic rings. The topological polar surface area (TPSA) is 75.0 Å². The first kappa shape index (κ1) is 19.5. The Balaban J connectivity index is 1.86. The lowest BCUT2D eigenvalue weighted by molar-refractivity contribution is -0.150. The zero-order chi connectivity index (χ0) is 20.1. The van der Waals surface area contributed by atoms with Crippen LogP contribution in [0.15, 0.2) is 57.9 Å². The van der Waals surface area contributed by atoms with Crippen molar-refractivity contribution in [3.63, 3.8) is 0 Å². The first-order chi connectivity index (χ1) is 13.5. The molecule has 0 amide bonds. The third kappa shape index (κ3) is 4.17. The Morgan fingerprint density at radius 3 is 2.64 bits per heavy atom. The van der Waals surface area contributed by atoms with Crippen molar-refractivity contribution in [2.45, 2.75) is 33.3 Å². The second-order valence-corrected chi connectivity index (χ2v) is 6.16. The lowest BCUT2D eigenvalue weighted by Crippen LogP contribution is -2.26. The molecule has 28 heavy (non-hydrogen) atoms. The standard InChI is InChI=1S/C22H22O6/c1-4-15-8-6-7-9-18(15)28-20-13-26-19-12-16(10-11-17(19)21(20)23)27-14(3)22(24)25-5-2/h6-14H,4-5H2,1-3H3/t14-/m1/s1. The van der Waals surface area contributed by atoms with E-state index in [2.05, 4.69) is 0 Å². The molecule has 2 aromatic carbocycles. The number of ether oxygens (including phenoxy) is 3. The van der Waals surface area contributed by atoms with E-state index >= 15 is 0 Å². The number of carbonyl (C=O) groups is 1. The normalized spacial score (nSPS) is 11.8. The summed E-state index contributed by atoms with van der Waals surface area (Å²) in [5.41, 5.74) is 1.06. The highest BCUT2D eigenvalue weighted by molar-refractivity contribution is 5.79. The lowest BCUT2D eigenvalue weighted by Gasteiger charge is -2.13. The van der Waals surface area contributed by atoms with Crippen molar-refractivity contribution in [3.05, 3.63) is 64.5 Å². The van der Waals surface area contributed by atoms with Crippen LogP contribution in [0.5, 0.6) is 17.2 Å². The van der Waals surface area contributed by atoms with Crippen LogP contribution in [0.2, 0.25) is 0 Å². The van der Waals surface area contributed by atoms with Crippen LogP contribution in [-0.2, 0) is 16.0 Å². The predicted octanol–water partition coefficient (Wildman–Crippen LogP) is 4.48.